The molecule has 1 aromatic carbocycles. The topological polar surface area (TPSA) is 38.3 Å². The largest absolute Gasteiger partial charge is 0.496 e. The third kappa shape index (κ3) is 3.25. The molecule has 0 unspecified atom stereocenters. The Balaban J connectivity index is 1.91. The molecule has 0 heterocycles. The molecule has 0 spiro atoms. The fourth-order valence-electron chi connectivity index (χ4n) is 2.06. The van der Waals surface area contributed by atoms with E-state index in [9.17, 15) is 4.79 Å². The SMILES string of the molecule is CCc1ccc(OC)c(CCNC(=O)C2CC2)c1. The number of ether oxygens (including phenoxy) is 1. The second kappa shape index (κ2) is 5.89. The van der Waals surface area contributed by atoms with E-state index < -0.39 is 0 Å². The molecule has 1 fully saturated rings. The second-order valence-electron chi connectivity index (χ2n) is 4.82. The van der Waals surface area contributed by atoms with Gasteiger partial charge in [-0.3, -0.25) is 4.79 Å². The lowest BCUT2D eigenvalue weighted by Crippen LogP contribution is -2.27. The van der Waals surface area contributed by atoms with E-state index in [0.29, 0.717) is 6.54 Å². The molecule has 1 aromatic rings. The fraction of sp³-hybridized carbons (Fsp3) is 0.533. The highest BCUT2D eigenvalue weighted by molar-refractivity contribution is 5.80. The molecule has 98 valence electrons. The van der Waals surface area contributed by atoms with E-state index in [2.05, 4.69) is 24.4 Å². The van der Waals surface area contributed by atoms with Crippen LogP contribution < -0.4 is 10.1 Å². The van der Waals surface area contributed by atoms with Crippen LogP contribution in [-0.4, -0.2) is 19.6 Å². The van der Waals surface area contributed by atoms with Crippen LogP contribution in [-0.2, 0) is 17.6 Å². The van der Waals surface area contributed by atoms with Gasteiger partial charge in [0, 0.05) is 12.5 Å². The Kier molecular flexibility index (Phi) is 4.24. The molecule has 0 bridgehead atoms. The van der Waals surface area contributed by atoms with Gasteiger partial charge in [0.05, 0.1) is 7.11 Å². The first-order valence-electron chi connectivity index (χ1n) is 6.68. The zero-order chi connectivity index (χ0) is 13.0. The quantitative estimate of drug-likeness (QED) is 0.838. The lowest BCUT2D eigenvalue weighted by Gasteiger charge is -2.11. The summed E-state index contributed by atoms with van der Waals surface area (Å²) in [6.07, 6.45) is 3.96. The van der Waals surface area contributed by atoms with Crippen LogP contribution in [0.2, 0.25) is 0 Å². The van der Waals surface area contributed by atoms with Crippen molar-refractivity contribution < 1.29 is 9.53 Å². The number of methoxy groups -OCH3 is 1. The minimum atomic E-state index is 0.209. The third-order valence-corrected chi connectivity index (χ3v) is 3.39. The van der Waals surface area contributed by atoms with Crippen molar-refractivity contribution in [3.05, 3.63) is 29.3 Å². The fourth-order valence-corrected chi connectivity index (χ4v) is 2.06. The number of rotatable bonds is 6. The van der Waals surface area contributed by atoms with E-state index in [0.717, 1.165) is 31.4 Å². The van der Waals surface area contributed by atoms with Crippen molar-refractivity contribution in [2.24, 2.45) is 5.92 Å². The number of carbonyl (C=O) groups excluding carboxylic acids is 1. The molecule has 0 radical (unpaired) electrons. The number of benzene rings is 1. The van der Waals surface area contributed by atoms with E-state index >= 15 is 0 Å². The van der Waals surface area contributed by atoms with Crippen LogP contribution in [0.3, 0.4) is 0 Å². The summed E-state index contributed by atoms with van der Waals surface area (Å²) >= 11 is 0. The smallest absolute Gasteiger partial charge is 0.223 e. The molecule has 1 saturated carbocycles. The summed E-state index contributed by atoms with van der Waals surface area (Å²) < 4.78 is 5.35. The summed E-state index contributed by atoms with van der Waals surface area (Å²) in [7, 11) is 1.69. The molecule has 1 N–H and O–H groups in total. The number of hydrogen-bond acceptors (Lipinski definition) is 2. The van der Waals surface area contributed by atoms with Crippen molar-refractivity contribution in [2.45, 2.75) is 32.6 Å². The van der Waals surface area contributed by atoms with Crippen LogP contribution in [0.1, 0.15) is 30.9 Å². The molecule has 18 heavy (non-hydrogen) atoms. The van der Waals surface area contributed by atoms with Crippen LogP contribution in [0.15, 0.2) is 18.2 Å². The monoisotopic (exact) mass is 247 g/mol. The number of carbonyl (C=O) groups is 1. The second-order valence-corrected chi connectivity index (χ2v) is 4.82. The first-order chi connectivity index (χ1) is 8.74. The highest BCUT2D eigenvalue weighted by atomic mass is 16.5. The van der Waals surface area contributed by atoms with Gasteiger partial charge in [-0.25, -0.2) is 0 Å². The third-order valence-electron chi connectivity index (χ3n) is 3.39. The molecule has 2 rings (SSSR count). The van der Waals surface area contributed by atoms with Crippen molar-refractivity contribution in [2.75, 3.05) is 13.7 Å². The van der Waals surface area contributed by atoms with E-state index in [1.54, 1.807) is 7.11 Å². The maximum absolute atomic E-state index is 11.5. The van der Waals surface area contributed by atoms with Gasteiger partial charge >= 0.3 is 0 Å². The Morgan fingerprint density at radius 2 is 2.22 bits per heavy atom. The Morgan fingerprint density at radius 3 is 2.83 bits per heavy atom. The van der Waals surface area contributed by atoms with Gasteiger partial charge in [-0.15, -0.1) is 0 Å². The highest BCUT2D eigenvalue weighted by Crippen LogP contribution is 2.28. The maximum Gasteiger partial charge on any atom is 0.223 e. The average molecular weight is 247 g/mol. The number of amides is 1. The standard InChI is InChI=1S/C15H21NO2/c1-3-11-4-7-14(18-2)13(10-11)8-9-16-15(17)12-5-6-12/h4,7,10,12H,3,5-6,8-9H2,1-2H3,(H,16,17). The van der Waals surface area contributed by atoms with E-state index in [1.165, 1.54) is 11.1 Å². The van der Waals surface area contributed by atoms with Gasteiger partial charge in [0.1, 0.15) is 5.75 Å². The lowest BCUT2D eigenvalue weighted by molar-refractivity contribution is -0.122. The summed E-state index contributed by atoms with van der Waals surface area (Å²) in [6, 6.07) is 6.27. The molecule has 3 heteroatoms. The Hall–Kier alpha value is -1.51. The van der Waals surface area contributed by atoms with Crippen molar-refractivity contribution in [1.82, 2.24) is 5.32 Å². The van der Waals surface area contributed by atoms with Crippen LogP contribution in [0.25, 0.3) is 0 Å². The van der Waals surface area contributed by atoms with Crippen molar-refractivity contribution in [3.8, 4) is 5.75 Å². The lowest BCUT2D eigenvalue weighted by atomic mass is 10.1. The van der Waals surface area contributed by atoms with Gasteiger partial charge < -0.3 is 10.1 Å². The molecule has 0 atom stereocenters. The first kappa shape index (κ1) is 12.9. The molecule has 1 amide bonds. The van der Waals surface area contributed by atoms with Gasteiger partial charge in [-0.05, 0) is 42.9 Å². The first-order valence-corrected chi connectivity index (χ1v) is 6.68. The normalized spacial score (nSPS) is 14.3. The van der Waals surface area contributed by atoms with E-state index in [-0.39, 0.29) is 11.8 Å². The van der Waals surface area contributed by atoms with E-state index in [1.807, 2.05) is 6.07 Å². The zero-order valence-electron chi connectivity index (χ0n) is 11.2. The summed E-state index contributed by atoms with van der Waals surface area (Å²) in [6.45, 7) is 2.83. The molecular weight excluding hydrogens is 226 g/mol. The molecule has 1 aliphatic carbocycles. The van der Waals surface area contributed by atoms with Gasteiger partial charge in [-0.2, -0.15) is 0 Å². The predicted octanol–water partition coefficient (Wildman–Crippen LogP) is 2.33. The molecular formula is C15H21NO2. The summed E-state index contributed by atoms with van der Waals surface area (Å²) in [5, 5.41) is 2.99. The van der Waals surface area contributed by atoms with Crippen LogP contribution in [0, 0.1) is 5.92 Å². The minimum absolute atomic E-state index is 0.209. The molecule has 0 aromatic heterocycles. The average Bonchev–Trinajstić information content (AvgIpc) is 3.22. The van der Waals surface area contributed by atoms with Crippen molar-refractivity contribution in [3.63, 3.8) is 0 Å². The molecule has 0 saturated heterocycles. The van der Waals surface area contributed by atoms with Crippen LogP contribution >= 0.6 is 0 Å². The summed E-state index contributed by atoms with van der Waals surface area (Å²) in [5.74, 6) is 1.40. The van der Waals surface area contributed by atoms with Crippen molar-refractivity contribution >= 4 is 5.91 Å². The van der Waals surface area contributed by atoms with Gasteiger partial charge in [-0.1, -0.05) is 19.1 Å². The minimum Gasteiger partial charge on any atom is -0.496 e. The van der Waals surface area contributed by atoms with Crippen molar-refractivity contribution in [1.29, 1.82) is 0 Å². The molecule has 3 nitrogen and oxygen atoms in total. The van der Waals surface area contributed by atoms with E-state index in [4.69, 9.17) is 4.74 Å². The summed E-state index contributed by atoms with van der Waals surface area (Å²) in [4.78, 5) is 11.5. The number of aryl methyl sites for hydroxylation is 1. The Morgan fingerprint density at radius 1 is 1.44 bits per heavy atom. The summed E-state index contributed by atoms with van der Waals surface area (Å²) in [5.41, 5.74) is 2.48. The zero-order valence-corrected chi connectivity index (χ0v) is 11.2. The van der Waals surface area contributed by atoms with Crippen LogP contribution in [0.5, 0.6) is 5.75 Å². The number of hydrogen-bond donors (Lipinski definition) is 1. The van der Waals surface area contributed by atoms with Gasteiger partial charge in [0.15, 0.2) is 0 Å². The highest BCUT2D eigenvalue weighted by Gasteiger charge is 2.29. The number of nitrogens with one attached hydrogen (secondary N) is 1. The Bertz CT molecular complexity index is 425. The van der Waals surface area contributed by atoms with Gasteiger partial charge in [0.2, 0.25) is 5.91 Å². The van der Waals surface area contributed by atoms with Gasteiger partial charge in [0.25, 0.3) is 0 Å². The molecule has 0 aliphatic heterocycles. The maximum atomic E-state index is 11.5. The predicted molar refractivity (Wildman–Crippen MR) is 71.8 cm³/mol. The van der Waals surface area contributed by atoms with Crippen LogP contribution in [0.4, 0.5) is 0 Å². The Labute approximate surface area is 109 Å². The molecule has 1 aliphatic rings.